The van der Waals surface area contributed by atoms with Gasteiger partial charge in [0, 0.05) is 13.2 Å². The molecule has 1 rings (SSSR count). The largest absolute Gasteiger partial charge is 0.383 e. The van der Waals surface area contributed by atoms with Crippen molar-refractivity contribution in [1.82, 2.24) is 5.32 Å². The lowest BCUT2D eigenvalue weighted by atomic mass is 10.1. The number of hydrogen-bond donors (Lipinski definition) is 2. The van der Waals surface area contributed by atoms with E-state index in [1.165, 1.54) is 6.07 Å². The van der Waals surface area contributed by atoms with Crippen LogP contribution in [0, 0.1) is 5.82 Å². The predicted octanol–water partition coefficient (Wildman–Crippen LogP) is 1.71. The lowest BCUT2D eigenvalue weighted by Crippen LogP contribution is -2.35. The zero-order valence-corrected chi connectivity index (χ0v) is 11.0. The van der Waals surface area contributed by atoms with Gasteiger partial charge >= 0.3 is 0 Å². The van der Waals surface area contributed by atoms with E-state index in [4.69, 9.17) is 10.5 Å². The highest BCUT2D eigenvalue weighted by Crippen LogP contribution is 2.06. The number of rotatable bonds is 9. The minimum absolute atomic E-state index is 0.135. The van der Waals surface area contributed by atoms with E-state index in [9.17, 15) is 4.39 Å². The van der Waals surface area contributed by atoms with Crippen LogP contribution < -0.4 is 11.1 Å². The highest BCUT2D eigenvalue weighted by atomic mass is 19.1. The third kappa shape index (κ3) is 5.58. The molecule has 0 saturated carbocycles. The van der Waals surface area contributed by atoms with Gasteiger partial charge in [-0.2, -0.15) is 0 Å². The number of nitrogens with one attached hydrogen (secondary N) is 1. The summed E-state index contributed by atoms with van der Waals surface area (Å²) in [6, 6.07) is 7.18. The second-order valence-corrected chi connectivity index (χ2v) is 4.38. The first-order chi connectivity index (χ1) is 8.77. The van der Waals surface area contributed by atoms with Gasteiger partial charge < -0.3 is 15.8 Å². The number of nitrogens with two attached hydrogens (primary N) is 1. The molecule has 0 aliphatic heterocycles. The SMILES string of the molecule is COCC(CCCN)NCCc1ccccc1F. The summed E-state index contributed by atoms with van der Waals surface area (Å²) in [6.45, 7) is 2.10. The van der Waals surface area contributed by atoms with Crippen molar-refractivity contribution in [2.75, 3.05) is 26.8 Å². The van der Waals surface area contributed by atoms with Crippen LogP contribution in [0.15, 0.2) is 24.3 Å². The van der Waals surface area contributed by atoms with Gasteiger partial charge in [-0.15, -0.1) is 0 Å². The monoisotopic (exact) mass is 254 g/mol. The van der Waals surface area contributed by atoms with Crippen molar-refractivity contribution < 1.29 is 9.13 Å². The summed E-state index contributed by atoms with van der Waals surface area (Å²) in [5.74, 6) is -0.135. The first-order valence-corrected chi connectivity index (χ1v) is 6.43. The molecule has 4 heteroatoms. The van der Waals surface area contributed by atoms with E-state index in [-0.39, 0.29) is 5.82 Å². The Labute approximate surface area is 109 Å². The summed E-state index contributed by atoms with van der Waals surface area (Å²) in [4.78, 5) is 0. The molecule has 0 aliphatic carbocycles. The second kappa shape index (κ2) is 9.03. The quantitative estimate of drug-likeness (QED) is 0.705. The van der Waals surface area contributed by atoms with Gasteiger partial charge in [0.15, 0.2) is 0 Å². The van der Waals surface area contributed by atoms with E-state index < -0.39 is 0 Å². The molecule has 102 valence electrons. The lowest BCUT2D eigenvalue weighted by molar-refractivity contribution is 0.162. The van der Waals surface area contributed by atoms with Crippen LogP contribution in [0.25, 0.3) is 0 Å². The van der Waals surface area contributed by atoms with Gasteiger partial charge in [0.25, 0.3) is 0 Å². The summed E-state index contributed by atoms with van der Waals surface area (Å²) < 4.78 is 18.5. The van der Waals surface area contributed by atoms with Crippen LogP contribution in [-0.2, 0) is 11.2 Å². The molecule has 0 fully saturated rings. The molecule has 3 N–H and O–H groups in total. The van der Waals surface area contributed by atoms with Crippen LogP contribution in [0.3, 0.4) is 0 Å². The van der Waals surface area contributed by atoms with Crippen LogP contribution in [-0.4, -0.2) is 32.8 Å². The maximum atomic E-state index is 13.4. The Morgan fingerprint density at radius 2 is 2.17 bits per heavy atom. The van der Waals surface area contributed by atoms with Crippen LogP contribution in [0.1, 0.15) is 18.4 Å². The van der Waals surface area contributed by atoms with Crippen molar-refractivity contribution in [2.24, 2.45) is 5.73 Å². The number of methoxy groups -OCH3 is 1. The number of benzene rings is 1. The maximum Gasteiger partial charge on any atom is 0.126 e. The van der Waals surface area contributed by atoms with E-state index in [1.807, 2.05) is 12.1 Å². The fourth-order valence-corrected chi connectivity index (χ4v) is 1.92. The Balaban J connectivity index is 2.31. The minimum Gasteiger partial charge on any atom is -0.383 e. The molecule has 0 bridgehead atoms. The topological polar surface area (TPSA) is 47.3 Å². The Kier molecular flexibility index (Phi) is 7.57. The molecule has 1 aromatic rings. The average Bonchev–Trinajstić information content (AvgIpc) is 2.38. The van der Waals surface area contributed by atoms with Crippen molar-refractivity contribution >= 4 is 0 Å². The normalized spacial score (nSPS) is 12.6. The van der Waals surface area contributed by atoms with Crippen molar-refractivity contribution in [2.45, 2.75) is 25.3 Å². The summed E-state index contributed by atoms with van der Waals surface area (Å²) in [7, 11) is 1.69. The molecule has 1 atom stereocenters. The molecule has 0 radical (unpaired) electrons. The smallest absolute Gasteiger partial charge is 0.126 e. The van der Waals surface area contributed by atoms with Crippen molar-refractivity contribution in [1.29, 1.82) is 0 Å². The summed E-state index contributed by atoms with van der Waals surface area (Å²) in [5, 5.41) is 3.38. The molecule has 0 saturated heterocycles. The molecule has 0 aliphatic rings. The number of hydrogen-bond acceptors (Lipinski definition) is 3. The second-order valence-electron chi connectivity index (χ2n) is 4.38. The van der Waals surface area contributed by atoms with Crippen LogP contribution in [0.2, 0.25) is 0 Å². The molecule has 3 nitrogen and oxygen atoms in total. The van der Waals surface area contributed by atoms with E-state index >= 15 is 0 Å². The first-order valence-electron chi connectivity index (χ1n) is 6.43. The Bertz CT molecular complexity index is 333. The van der Waals surface area contributed by atoms with E-state index in [0.29, 0.717) is 25.6 Å². The maximum absolute atomic E-state index is 13.4. The van der Waals surface area contributed by atoms with Gasteiger partial charge in [-0.05, 0) is 44.0 Å². The Morgan fingerprint density at radius 3 is 2.83 bits per heavy atom. The van der Waals surface area contributed by atoms with Crippen molar-refractivity contribution in [3.05, 3.63) is 35.6 Å². The first kappa shape index (κ1) is 15.1. The van der Waals surface area contributed by atoms with Crippen LogP contribution in [0.5, 0.6) is 0 Å². The van der Waals surface area contributed by atoms with E-state index in [2.05, 4.69) is 5.32 Å². The van der Waals surface area contributed by atoms with Gasteiger partial charge in [-0.25, -0.2) is 4.39 Å². The minimum atomic E-state index is -0.135. The molecule has 0 aromatic heterocycles. The van der Waals surface area contributed by atoms with Crippen molar-refractivity contribution in [3.8, 4) is 0 Å². The standard InChI is InChI=1S/C14H23FN2O/c1-18-11-13(6-4-9-16)17-10-8-12-5-2-3-7-14(12)15/h2-3,5,7,13,17H,4,6,8-11,16H2,1H3. The molecule has 18 heavy (non-hydrogen) atoms. The zero-order chi connectivity index (χ0) is 13.2. The summed E-state index contributed by atoms with van der Waals surface area (Å²) >= 11 is 0. The highest BCUT2D eigenvalue weighted by Gasteiger charge is 2.07. The lowest BCUT2D eigenvalue weighted by Gasteiger charge is -2.17. The molecule has 0 heterocycles. The molecule has 0 spiro atoms. The van der Waals surface area contributed by atoms with Crippen LogP contribution in [0.4, 0.5) is 4.39 Å². The van der Waals surface area contributed by atoms with Gasteiger partial charge in [0.2, 0.25) is 0 Å². The number of ether oxygens (including phenoxy) is 1. The van der Waals surface area contributed by atoms with Gasteiger partial charge in [0.05, 0.1) is 6.61 Å². The Morgan fingerprint density at radius 1 is 1.39 bits per heavy atom. The highest BCUT2D eigenvalue weighted by molar-refractivity contribution is 5.17. The molecular weight excluding hydrogens is 231 g/mol. The summed E-state index contributed by atoms with van der Waals surface area (Å²) in [6.07, 6.45) is 2.65. The third-order valence-electron chi connectivity index (χ3n) is 2.91. The van der Waals surface area contributed by atoms with Gasteiger partial charge in [-0.3, -0.25) is 0 Å². The predicted molar refractivity (Wildman–Crippen MR) is 72.1 cm³/mol. The van der Waals surface area contributed by atoms with E-state index in [1.54, 1.807) is 13.2 Å². The average molecular weight is 254 g/mol. The molecular formula is C14H23FN2O. The van der Waals surface area contributed by atoms with Gasteiger partial charge in [0.1, 0.15) is 5.82 Å². The number of halogens is 1. The fourth-order valence-electron chi connectivity index (χ4n) is 1.92. The summed E-state index contributed by atoms with van der Waals surface area (Å²) in [5.41, 5.74) is 6.24. The molecule has 1 unspecified atom stereocenters. The van der Waals surface area contributed by atoms with Crippen LogP contribution >= 0.6 is 0 Å². The van der Waals surface area contributed by atoms with Gasteiger partial charge in [-0.1, -0.05) is 18.2 Å². The fraction of sp³-hybridized carbons (Fsp3) is 0.571. The zero-order valence-electron chi connectivity index (χ0n) is 11.0. The van der Waals surface area contributed by atoms with E-state index in [0.717, 1.165) is 24.9 Å². The molecule has 1 aromatic carbocycles. The third-order valence-corrected chi connectivity index (χ3v) is 2.91. The Hall–Kier alpha value is -0.970. The molecule has 0 amide bonds. The van der Waals surface area contributed by atoms with Crippen molar-refractivity contribution in [3.63, 3.8) is 0 Å².